The zero-order valence-corrected chi connectivity index (χ0v) is 24.3. The van der Waals surface area contributed by atoms with E-state index in [0.717, 1.165) is 12.1 Å². The van der Waals surface area contributed by atoms with E-state index in [1.54, 1.807) is 0 Å². The van der Waals surface area contributed by atoms with E-state index in [4.69, 9.17) is 42.1 Å². The van der Waals surface area contributed by atoms with Gasteiger partial charge in [0, 0.05) is 19.2 Å². The van der Waals surface area contributed by atoms with Crippen LogP contribution in [0.3, 0.4) is 0 Å². The number of ether oxygens (including phenoxy) is 4. The van der Waals surface area contributed by atoms with Crippen LogP contribution < -0.4 is 14.8 Å². The molecule has 0 aliphatic carbocycles. The number of esters is 2. The van der Waals surface area contributed by atoms with Crippen LogP contribution in [-0.4, -0.2) is 54.0 Å². The van der Waals surface area contributed by atoms with Gasteiger partial charge in [0.1, 0.15) is 23.8 Å². The Labute approximate surface area is 249 Å². The van der Waals surface area contributed by atoms with Crippen LogP contribution >= 0.6 is 23.2 Å². The number of aliphatic hydroxyl groups is 1. The average molecular weight is 627 g/mol. The van der Waals surface area contributed by atoms with Crippen molar-refractivity contribution >= 4 is 41.0 Å². The molecular weight excluding hydrogens is 601 g/mol. The molecule has 0 fully saturated rings. The molecule has 0 saturated heterocycles. The molecule has 0 spiro atoms. The Morgan fingerprint density at radius 1 is 1.02 bits per heavy atom. The molecule has 0 saturated carbocycles. The highest BCUT2D eigenvalue weighted by molar-refractivity contribution is 6.31. The van der Waals surface area contributed by atoms with Crippen molar-refractivity contribution in [3.05, 3.63) is 87.2 Å². The van der Waals surface area contributed by atoms with Crippen LogP contribution in [0, 0.1) is 11.6 Å². The summed E-state index contributed by atoms with van der Waals surface area (Å²) in [6.07, 6.45) is -0.197. The second kappa shape index (κ2) is 13.8. The van der Waals surface area contributed by atoms with Gasteiger partial charge in [-0.25, -0.2) is 18.6 Å². The largest absolute Gasteiger partial charge is 0.493 e. The minimum Gasteiger partial charge on any atom is -0.493 e. The number of benzene rings is 2. The highest BCUT2D eigenvalue weighted by atomic mass is 35.5. The molecule has 2 atom stereocenters. The smallest absolute Gasteiger partial charge is 0.328 e. The zero-order chi connectivity index (χ0) is 31.2. The lowest BCUT2D eigenvalue weighted by molar-refractivity contribution is -0.162. The molecule has 224 valence electrons. The SMILES string of the molecule is COc1ccnc(C(=O)N[C@@H](C)C(=O)O[C@@H](C)C(O)(c2ccc(Cl)c(F)c2)c2ccc(Cl)c(F)c2)c1OCOC(C)=O. The topological polar surface area (TPSA) is 133 Å². The minimum absolute atomic E-state index is 0.0987. The molecule has 0 aliphatic rings. The van der Waals surface area contributed by atoms with Crippen molar-refractivity contribution in [1.29, 1.82) is 0 Å². The van der Waals surface area contributed by atoms with Crippen molar-refractivity contribution in [2.24, 2.45) is 0 Å². The normalized spacial score (nSPS) is 12.6. The molecule has 1 heterocycles. The number of hydrogen-bond acceptors (Lipinski definition) is 9. The van der Waals surface area contributed by atoms with Crippen LogP contribution in [0.1, 0.15) is 42.4 Å². The first-order chi connectivity index (χ1) is 19.8. The summed E-state index contributed by atoms with van der Waals surface area (Å²) in [5.41, 5.74) is -2.77. The molecule has 0 radical (unpaired) electrons. The minimum atomic E-state index is -2.28. The van der Waals surface area contributed by atoms with Gasteiger partial charge in [0.05, 0.1) is 17.2 Å². The summed E-state index contributed by atoms with van der Waals surface area (Å²) in [6.45, 7) is 3.23. The van der Waals surface area contributed by atoms with Crippen molar-refractivity contribution in [2.45, 2.75) is 38.5 Å². The van der Waals surface area contributed by atoms with Gasteiger partial charge in [-0.05, 0) is 49.2 Å². The van der Waals surface area contributed by atoms with Crippen LogP contribution in [0.4, 0.5) is 8.78 Å². The van der Waals surface area contributed by atoms with E-state index in [1.807, 2.05) is 0 Å². The van der Waals surface area contributed by atoms with Crippen LogP contribution in [-0.2, 0) is 24.7 Å². The van der Waals surface area contributed by atoms with E-state index in [9.17, 15) is 28.3 Å². The van der Waals surface area contributed by atoms with E-state index >= 15 is 0 Å². The van der Waals surface area contributed by atoms with Gasteiger partial charge in [0.2, 0.25) is 6.79 Å². The summed E-state index contributed by atoms with van der Waals surface area (Å²) < 4.78 is 49.5. The van der Waals surface area contributed by atoms with Gasteiger partial charge in [-0.15, -0.1) is 0 Å². The Morgan fingerprint density at radius 3 is 2.10 bits per heavy atom. The van der Waals surface area contributed by atoms with Crippen LogP contribution in [0.25, 0.3) is 0 Å². The molecular formula is C28H26Cl2F2N2O8. The first-order valence-corrected chi connectivity index (χ1v) is 13.0. The van der Waals surface area contributed by atoms with Crippen LogP contribution in [0.5, 0.6) is 11.5 Å². The Kier molecular flexibility index (Phi) is 10.7. The fourth-order valence-electron chi connectivity index (χ4n) is 3.85. The summed E-state index contributed by atoms with van der Waals surface area (Å²) in [7, 11) is 1.32. The molecule has 1 aromatic heterocycles. The highest BCUT2D eigenvalue weighted by Gasteiger charge is 2.42. The number of rotatable bonds is 11. The maximum absolute atomic E-state index is 14.4. The van der Waals surface area contributed by atoms with Crippen molar-refractivity contribution in [3.63, 3.8) is 0 Å². The van der Waals surface area contributed by atoms with Crippen LogP contribution in [0.2, 0.25) is 10.0 Å². The number of pyridine rings is 1. The van der Waals surface area contributed by atoms with Crippen molar-refractivity contribution in [3.8, 4) is 11.5 Å². The first kappa shape index (κ1) is 32.5. The van der Waals surface area contributed by atoms with Crippen molar-refractivity contribution < 1.29 is 47.2 Å². The van der Waals surface area contributed by atoms with E-state index < -0.39 is 54.0 Å². The van der Waals surface area contributed by atoms with Gasteiger partial charge >= 0.3 is 11.9 Å². The number of carbonyl (C=O) groups excluding carboxylic acids is 3. The fraction of sp³-hybridized carbons (Fsp3) is 0.286. The molecule has 3 aromatic rings. The third-order valence-corrected chi connectivity index (χ3v) is 6.68. The maximum Gasteiger partial charge on any atom is 0.328 e. The molecule has 0 aliphatic heterocycles. The summed E-state index contributed by atoms with van der Waals surface area (Å²) in [5, 5.41) is 13.7. The van der Waals surface area contributed by atoms with Gasteiger partial charge in [0.15, 0.2) is 22.8 Å². The molecule has 2 N–H and O–H groups in total. The van der Waals surface area contributed by atoms with E-state index in [2.05, 4.69) is 10.3 Å². The third-order valence-electron chi connectivity index (χ3n) is 6.07. The van der Waals surface area contributed by atoms with Crippen molar-refractivity contribution in [1.82, 2.24) is 10.3 Å². The zero-order valence-electron chi connectivity index (χ0n) is 22.7. The van der Waals surface area contributed by atoms with Gasteiger partial charge in [-0.1, -0.05) is 35.3 Å². The third kappa shape index (κ3) is 7.25. The number of carbonyl (C=O) groups is 3. The second-order valence-corrected chi connectivity index (χ2v) is 9.70. The van der Waals surface area contributed by atoms with E-state index in [1.165, 1.54) is 64.4 Å². The molecule has 0 bridgehead atoms. The molecule has 10 nitrogen and oxygen atoms in total. The Morgan fingerprint density at radius 2 is 1.60 bits per heavy atom. The Balaban J connectivity index is 1.86. The van der Waals surface area contributed by atoms with Gasteiger partial charge in [-0.3, -0.25) is 9.59 Å². The first-order valence-electron chi connectivity index (χ1n) is 12.2. The van der Waals surface area contributed by atoms with Gasteiger partial charge in [-0.2, -0.15) is 0 Å². The maximum atomic E-state index is 14.4. The molecule has 2 aromatic carbocycles. The molecule has 1 amide bonds. The summed E-state index contributed by atoms with van der Waals surface area (Å²) in [4.78, 5) is 41.1. The molecule has 3 rings (SSSR count). The fourth-order valence-corrected chi connectivity index (χ4v) is 4.09. The number of nitrogens with zero attached hydrogens (tertiary/aromatic N) is 1. The lowest BCUT2D eigenvalue weighted by Gasteiger charge is -2.35. The Hall–Kier alpha value is -4.00. The molecule has 14 heteroatoms. The molecule has 42 heavy (non-hydrogen) atoms. The van der Waals surface area contributed by atoms with E-state index in [-0.39, 0.29) is 38.4 Å². The predicted octanol–water partition coefficient (Wildman–Crippen LogP) is 4.56. The average Bonchev–Trinajstić information content (AvgIpc) is 2.95. The number of nitrogens with one attached hydrogen (secondary N) is 1. The lowest BCUT2D eigenvalue weighted by atomic mass is 9.82. The quantitative estimate of drug-likeness (QED) is 0.232. The van der Waals surface area contributed by atoms with Crippen LogP contribution in [0.15, 0.2) is 48.7 Å². The van der Waals surface area contributed by atoms with E-state index in [0.29, 0.717) is 0 Å². The number of methoxy groups -OCH3 is 1. The second-order valence-electron chi connectivity index (χ2n) is 8.89. The monoisotopic (exact) mass is 626 g/mol. The lowest BCUT2D eigenvalue weighted by Crippen LogP contribution is -2.46. The summed E-state index contributed by atoms with van der Waals surface area (Å²) in [5.74, 6) is -4.32. The summed E-state index contributed by atoms with van der Waals surface area (Å²) in [6, 6.07) is 6.89. The number of hydrogen-bond donors (Lipinski definition) is 2. The van der Waals surface area contributed by atoms with Gasteiger partial charge < -0.3 is 29.4 Å². The highest BCUT2D eigenvalue weighted by Crippen LogP contribution is 2.37. The predicted molar refractivity (Wildman–Crippen MR) is 146 cm³/mol. The molecule has 0 unspecified atom stereocenters. The Bertz CT molecular complexity index is 1440. The standard InChI is InChI=1S/C28H26Cl2F2N2O8/c1-14(34-26(36)24-25(41-13-40-16(3)35)23(39-4)9-10-33-24)27(37)42-15(2)28(38,17-5-7-19(29)21(31)11-17)18-6-8-20(30)22(32)12-18/h5-12,14-15,38H,13H2,1-4H3,(H,34,36)/t14-,15-/m0/s1. The number of amides is 1. The van der Waals surface area contributed by atoms with Gasteiger partial charge in [0.25, 0.3) is 5.91 Å². The summed E-state index contributed by atoms with van der Waals surface area (Å²) >= 11 is 11.6. The number of aromatic nitrogens is 1. The van der Waals surface area contributed by atoms with Crippen molar-refractivity contribution in [2.75, 3.05) is 13.9 Å². The number of halogens is 4.